The molecule has 4 rings (SSSR count). The standard InChI is InChI=1S/C33H39F3N4O5/c1-21-17-40(22(2)20-41)31(42)16-24-15-27(38-32(43)37-26-9-7-25(8-10-26)33(34,35)36)11-14-29(24)45-30(21)19-39(3)18-23-5-12-28(44-4)13-6-23/h5-15,21-22,30,41H,16-20H2,1-4H3,(H2,37,38,43)/t21-,22-,30+/m0/s1. The molecular weight excluding hydrogens is 589 g/mol. The molecule has 242 valence electrons. The predicted octanol–water partition coefficient (Wildman–Crippen LogP) is 5.64. The van der Waals surface area contributed by atoms with Crippen molar-refractivity contribution in [1.29, 1.82) is 0 Å². The summed E-state index contributed by atoms with van der Waals surface area (Å²) >= 11 is 0. The number of alkyl halides is 3. The van der Waals surface area contributed by atoms with Crippen LogP contribution >= 0.6 is 0 Å². The first-order chi connectivity index (χ1) is 21.4. The van der Waals surface area contributed by atoms with E-state index in [0.717, 1.165) is 23.4 Å². The molecule has 3 aromatic carbocycles. The number of rotatable bonds is 9. The minimum Gasteiger partial charge on any atom is -0.497 e. The number of nitrogens with zero attached hydrogens (tertiary/aromatic N) is 2. The maximum absolute atomic E-state index is 13.5. The Morgan fingerprint density at radius 3 is 2.36 bits per heavy atom. The normalized spacial score (nSPS) is 17.8. The Morgan fingerprint density at radius 2 is 1.73 bits per heavy atom. The number of ether oxygens (including phenoxy) is 2. The molecule has 0 aromatic heterocycles. The van der Waals surface area contributed by atoms with Gasteiger partial charge in [0.05, 0.1) is 31.7 Å². The van der Waals surface area contributed by atoms with Gasteiger partial charge >= 0.3 is 12.2 Å². The zero-order valence-electron chi connectivity index (χ0n) is 25.7. The van der Waals surface area contributed by atoms with Gasteiger partial charge in [-0.25, -0.2) is 4.79 Å². The number of carbonyl (C=O) groups is 2. The molecule has 3 atom stereocenters. The van der Waals surface area contributed by atoms with Crippen LogP contribution in [-0.2, 0) is 23.9 Å². The lowest BCUT2D eigenvalue weighted by Crippen LogP contribution is -2.47. The fourth-order valence-corrected chi connectivity index (χ4v) is 5.18. The first kappa shape index (κ1) is 33.6. The van der Waals surface area contributed by atoms with E-state index in [-0.39, 0.29) is 36.6 Å². The lowest BCUT2D eigenvalue weighted by molar-refractivity contribution is -0.137. The van der Waals surface area contributed by atoms with Crippen molar-refractivity contribution in [2.75, 3.05) is 44.5 Å². The number of nitrogens with one attached hydrogen (secondary N) is 2. The van der Waals surface area contributed by atoms with Crippen molar-refractivity contribution < 1.29 is 37.3 Å². The number of likely N-dealkylation sites (N-methyl/N-ethyl adjacent to an activating group) is 1. The lowest BCUT2D eigenvalue weighted by atomic mass is 10.0. The minimum atomic E-state index is -4.48. The average Bonchev–Trinajstić information content (AvgIpc) is 3.04. The number of hydrogen-bond donors (Lipinski definition) is 3. The first-order valence-electron chi connectivity index (χ1n) is 14.6. The molecule has 9 nitrogen and oxygen atoms in total. The third-order valence-corrected chi connectivity index (χ3v) is 7.75. The number of aliphatic hydroxyl groups is 1. The molecule has 3 aromatic rings. The van der Waals surface area contributed by atoms with Gasteiger partial charge in [-0.2, -0.15) is 13.2 Å². The quantitative estimate of drug-likeness (QED) is 0.284. The van der Waals surface area contributed by atoms with Gasteiger partial charge in [0.1, 0.15) is 17.6 Å². The minimum absolute atomic E-state index is 0.0170. The summed E-state index contributed by atoms with van der Waals surface area (Å²) in [6, 6.07) is 15.9. The lowest BCUT2D eigenvalue weighted by Gasteiger charge is -2.34. The molecule has 0 unspecified atom stereocenters. The summed E-state index contributed by atoms with van der Waals surface area (Å²) in [4.78, 5) is 30.0. The zero-order valence-corrected chi connectivity index (χ0v) is 25.7. The number of fused-ring (bicyclic) bond motifs is 1. The number of carbonyl (C=O) groups excluding carboxylic acids is 2. The van der Waals surface area contributed by atoms with Crippen LogP contribution in [0.5, 0.6) is 11.5 Å². The molecule has 3 N–H and O–H groups in total. The van der Waals surface area contributed by atoms with E-state index in [4.69, 9.17) is 9.47 Å². The van der Waals surface area contributed by atoms with Gasteiger partial charge < -0.3 is 30.1 Å². The van der Waals surface area contributed by atoms with Crippen molar-refractivity contribution >= 4 is 23.3 Å². The van der Waals surface area contributed by atoms with Gasteiger partial charge in [0.2, 0.25) is 5.91 Å². The van der Waals surface area contributed by atoms with Crippen LogP contribution in [0.2, 0.25) is 0 Å². The summed E-state index contributed by atoms with van der Waals surface area (Å²) < 4.78 is 50.4. The highest BCUT2D eigenvalue weighted by Crippen LogP contribution is 2.31. The number of halogens is 3. The zero-order chi connectivity index (χ0) is 32.7. The smallest absolute Gasteiger partial charge is 0.416 e. The van der Waals surface area contributed by atoms with Gasteiger partial charge in [-0.3, -0.25) is 9.69 Å². The van der Waals surface area contributed by atoms with Crippen molar-refractivity contribution in [2.45, 2.75) is 45.1 Å². The van der Waals surface area contributed by atoms with Crippen molar-refractivity contribution in [2.24, 2.45) is 5.92 Å². The molecule has 3 amide bonds. The van der Waals surface area contributed by atoms with Crippen molar-refractivity contribution in [3.05, 3.63) is 83.4 Å². The highest BCUT2D eigenvalue weighted by atomic mass is 19.4. The van der Waals surface area contributed by atoms with Gasteiger partial charge in [-0.1, -0.05) is 19.1 Å². The molecule has 0 spiro atoms. The van der Waals surface area contributed by atoms with E-state index >= 15 is 0 Å². The number of aliphatic hydroxyl groups excluding tert-OH is 1. The molecule has 12 heteroatoms. The number of hydrogen-bond acceptors (Lipinski definition) is 6. The molecular formula is C33H39F3N4O5. The largest absolute Gasteiger partial charge is 0.497 e. The van der Waals surface area contributed by atoms with Crippen LogP contribution in [0.25, 0.3) is 0 Å². The number of amides is 3. The van der Waals surface area contributed by atoms with Gasteiger partial charge in [-0.15, -0.1) is 0 Å². The second-order valence-electron chi connectivity index (χ2n) is 11.4. The van der Waals surface area contributed by atoms with Gasteiger partial charge in [0, 0.05) is 42.5 Å². The van der Waals surface area contributed by atoms with E-state index in [1.807, 2.05) is 38.2 Å². The molecule has 0 fully saturated rings. The fourth-order valence-electron chi connectivity index (χ4n) is 5.18. The molecule has 0 aliphatic carbocycles. The maximum Gasteiger partial charge on any atom is 0.416 e. The molecule has 0 radical (unpaired) electrons. The monoisotopic (exact) mass is 628 g/mol. The van der Waals surface area contributed by atoms with Crippen LogP contribution in [0.3, 0.4) is 0 Å². The van der Waals surface area contributed by atoms with Gasteiger partial charge in [0.15, 0.2) is 0 Å². The van der Waals surface area contributed by atoms with E-state index < -0.39 is 23.8 Å². The number of methoxy groups -OCH3 is 1. The molecule has 0 bridgehead atoms. The first-order valence-corrected chi connectivity index (χ1v) is 14.6. The molecule has 45 heavy (non-hydrogen) atoms. The summed E-state index contributed by atoms with van der Waals surface area (Å²) in [6.45, 7) is 5.21. The Kier molecular flexibility index (Phi) is 10.9. The van der Waals surface area contributed by atoms with Gasteiger partial charge in [0.25, 0.3) is 0 Å². The van der Waals surface area contributed by atoms with Crippen molar-refractivity contribution in [3.63, 3.8) is 0 Å². The van der Waals surface area contributed by atoms with Crippen molar-refractivity contribution in [3.8, 4) is 11.5 Å². The van der Waals surface area contributed by atoms with E-state index in [9.17, 15) is 27.9 Å². The van der Waals surface area contributed by atoms with Crippen molar-refractivity contribution in [1.82, 2.24) is 9.80 Å². The third-order valence-electron chi connectivity index (χ3n) is 7.75. The Labute approximate surface area is 260 Å². The molecule has 0 saturated carbocycles. The second-order valence-corrected chi connectivity index (χ2v) is 11.4. The third kappa shape index (κ3) is 9.11. The van der Waals surface area contributed by atoms with E-state index in [2.05, 4.69) is 15.5 Å². The summed E-state index contributed by atoms with van der Waals surface area (Å²) in [5.41, 5.74) is 1.40. The SMILES string of the molecule is COc1ccc(CN(C)C[C@H]2Oc3ccc(NC(=O)Nc4ccc(C(F)(F)F)cc4)cc3CC(=O)N([C@@H](C)CO)C[C@@H]2C)cc1. The van der Waals surface area contributed by atoms with E-state index in [1.165, 1.54) is 12.1 Å². The molecule has 0 saturated heterocycles. The highest BCUT2D eigenvalue weighted by Gasteiger charge is 2.32. The van der Waals surface area contributed by atoms with Crippen LogP contribution in [0.1, 0.15) is 30.5 Å². The Hall–Kier alpha value is -4.29. The predicted molar refractivity (Wildman–Crippen MR) is 165 cm³/mol. The van der Waals surface area contributed by atoms with Crippen LogP contribution < -0.4 is 20.1 Å². The average molecular weight is 629 g/mol. The fraction of sp³-hybridized carbons (Fsp3) is 0.394. The highest BCUT2D eigenvalue weighted by molar-refractivity contribution is 6.00. The Bertz CT molecular complexity index is 1450. The Morgan fingerprint density at radius 1 is 1.09 bits per heavy atom. The van der Waals surface area contributed by atoms with Crippen LogP contribution in [-0.4, -0.2) is 72.8 Å². The summed E-state index contributed by atoms with van der Waals surface area (Å²) in [6.07, 6.45) is -4.81. The number of benzene rings is 3. The summed E-state index contributed by atoms with van der Waals surface area (Å²) in [5, 5.41) is 15.1. The summed E-state index contributed by atoms with van der Waals surface area (Å²) in [5.74, 6) is 1.01. The van der Waals surface area contributed by atoms with Crippen LogP contribution in [0.4, 0.5) is 29.3 Å². The van der Waals surface area contributed by atoms with Crippen LogP contribution in [0.15, 0.2) is 66.7 Å². The van der Waals surface area contributed by atoms with E-state index in [1.54, 1.807) is 37.1 Å². The van der Waals surface area contributed by atoms with Gasteiger partial charge in [-0.05, 0) is 74.1 Å². The second kappa shape index (κ2) is 14.7. The van der Waals surface area contributed by atoms with E-state index in [0.29, 0.717) is 36.6 Å². The Balaban J connectivity index is 1.52. The molecule has 1 aliphatic rings. The van der Waals surface area contributed by atoms with Crippen LogP contribution in [0, 0.1) is 5.92 Å². The maximum atomic E-state index is 13.5. The summed E-state index contributed by atoms with van der Waals surface area (Å²) in [7, 11) is 3.62. The topological polar surface area (TPSA) is 103 Å². The molecule has 1 aliphatic heterocycles. The number of anilines is 2. The number of urea groups is 1. The molecule has 1 heterocycles.